The largest absolute Gasteiger partial charge is 0.507 e. The highest BCUT2D eigenvalue weighted by atomic mass is 16.6. The fourth-order valence-electron chi connectivity index (χ4n) is 9.06. The van der Waals surface area contributed by atoms with Crippen molar-refractivity contribution in [2.24, 2.45) is 45.3 Å². The number of allylic oxidation sites excluding steroid dienone is 2. The molecule has 1 fully saturated rings. The first-order valence-corrected chi connectivity index (χ1v) is 17.2. The zero-order chi connectivity index (χ0) is 36.6. The van der Waals surface area contributed by atoms with Crippen molar-refractivity contribution in [3.05, 3.63) is 28.0 Å². The van der Waals surface area contributed by atoms with Gasteiger partial charge in [0.25, 0.3) is 0 Å². The van der Waals surface area contributed by atoms with Gasteiger partial charge in [0.05, 0.1) is 27.6 Å². The number of benzene rings is 1. The minimum Gasteiger partial charge on any atom is -0.507 e. The monoisotopic (exact) mass is 664 g/mol. The second-order valence-corrected chi connectivity index (χ2v) is 17.7. The number of carbonyl (C=O) groups is 5. The molecule has 0 radical (unpaired) electrons. The molecular weight excluding hydrogens is 612 g/mol. The van der Waals surface area contributed by atoms with Crippen molar-refractivity contribution in [1.82, 2.24) is 0 Å². The molecule has 0 amide bonds. The van der Waals surface area contributed by atoms with Crippen molar-refractivity contribution in [3.63, 3.8) is 0 Å². The van der Waals surface area contributed by atoms with Crippen molar-refractivity contribution in [2.75, 3.05) is 0 Å². The average molecular weight is 665 g/mol. The van der Waals surface area contributed by atoms with E-state index in [1.165, 1.54) is 0 Å². The Morgan fingerprint density at radius 2 is 1.33 bits per heavy atom. The molecule has 0 unspecified atom stereocenters. The quantitative estimate of drug-likeness (QED) is 0.255. The van der Waals surface area contributed by atoms with Crippen LogP contribution in [0.2, 0.25) is 0 Å². The Morgan fingerprint density at radius 3 is 1.83 bits per heavy atom. The molecule has 2 N–H and O–H groups in total. The Labute approximate surface area is 283 Å². The molecule has 4 atom stereocenters. The van der Waals surface area contributed by atoms with Crippen LogP contribution in [-0.4, -0.2) is 44.9 Å². The summed E-state index contributed by atoms with van der Waals surface area (Å²) in [4.78, 5) is 70.7. The van der Waals surface area contributed by atoms with Gasteiger partial charge in [0.2, 0.25) is 5.79 Å². The molecule has 2 heterocycles. The van der Waals surface area contributed by atoms with Gasteiger partial charge in [0.15, 0.2) is 28.9 Å². The lowest BCUT2D eigenvalue weighted by Gasteiger charge is -2.58. The summed E-state index contributed by atoms with van der Waals surface area (Å²) in [6, 6.07) is 0. The molecule has 1 aromatic rings. The average Bonchev–Trinajstić information content (AvgIpc) is 2.95. The van der Waals surface area contributed by atoms with Crippen LogP contribution >= 0.6 is 0 Å². The maximum absolute atomic E-state index is 14.5. The third kappa shape index (κ3) is 4.34. The van der Waals surface area contributed by atoms with E-state index >= 15 is 0 Å². The van der Waals surface area contributed by atoms with Crippen molar-refractivity contribution < 1.29 is 43.7 Å². The lowest BCUT2D eigenvalue weighted by molar-refractivity contribution is -0.264. The zero-order valence-electron chi connectivity index (χ0n) is 30.9. The van der Waals surface area contributed by atoms with E-state index in [-0.39, 0.29) is 63.9 Å². The molecule has 0 aromatic heterocycles. The van der Waals surface area contributed by atoms with Gasteiger partial charge in [0, 0.05) is 35.0 Å². The molecule has 2 aliphatic carbocycles. The van der Waals surface area contributed by atoms with E-state index < -0.39 is 74.1 Å². The van der Waals surface area contributed by atoms with Gasteiger partial charge in [-0.1, -0.05) is 41.5 Å². The van der Waals surface area contributed by atoms with Crippen LogP contribution < -0.4 is 9.47 Å². The van der Waals surface area contributed by atoms with Gasteiger partial charge in [-0.2, -0.15) is 0 Å². The number of ketones is 5. The number of hydrogen-bond donors (Lipinski definition) is 2. The van der Waals surface area contributed by atoms with Crippen molar-refractivity contribution >= 4 is 28.9 Å². The molecule has 1 aromatic carbocycles. The molecule has 0 spiro atoms. The summed E-state index contributed by atoms with van der Waals surface area (Å²) in [5, 5.41) is 24.9. The number of phenols is 1. The Bertz CT molecular complexity index is 1710. The Kier molecular flexibility index (Phi) is 7.93. The third-order valence-electron chi connectivity index (χ3n) is 11.6. The number of aromatic hydroxyl groups is 1. The number of ether oxygens (including phenoxy) is 2. The van der Waals surface area contributed by atoms with E-state index in [0.717, 1.165) is 0 Å². The normalized spacial score (nSPS) is 29.7. The van der Waals surface area contributed by atoms with Crippen LogP contribution in [0.5, 0.6) is 17.2 Å². The van der Waals surface area contributed by atoms with Crippen molar-refractivity contribution in [2.45, 2.75) is 121 Å². The lowest BCUT2D eigenvalue weighted by atomic mass is 9.51. The van der Waals surface area contributed by atoms with Gasteiger partial charge in [0.1, 0.15) is 28.6 Å². The van der Waals surface area contributed by atoms with Crippen LogP contribution in [0.15, 0.2) is 11.3 Å². The van der Waals surface area contributed by atoms with E-state index in [4.69, 9.17) is 9.47 Å². The van der Waals surface area contributed by atoms with Gasteiger partial charge in [-0.05, 0) is 73.1 Å². The first-order chi connectivity index (χ1) is 21.7. The first kappa shape index (κ1) is 36.0. The molecule has 2 aliphatic heterocycles. The highest BCUT2D eigenvalue weighted by Crippen LogP contribution is 2.66. The van der Waals surface area contributed by atoms with Gasteiger partial charge in [-0.25, -0.2) is 0 Å². The molecular formula is C39H52O9. The number of hydrogen-bond acceptors (Lipinski definition) is 9. The van der Waals surface area contributed by atoms with E-state index in [2.05, 4.69) is 0 Å². The molecule has 9 nitrogen and oxygen atoms in total. The second-order valence-electron chi connectivity index (χ2n) is 17.7. The van der Waals surface area contributed by atoms with Crippen LogP contribution in [0.1, 0.15) is 137 Å². The predicted octanol–water partition coefficient (Wildman–Crippen LogP) is 6.85. The molecule has 5 rings (SSSR count). The molecule has 0 saturated heterocycles. The summed E-state index contributed by atoms with van der Waals surface area (Å²) in [5.41, 5.74) is -5.03. The van der Waals surface area contributed by atoms with E-state index in [1.54, 1.807) is 55.4 Å². The maximum atomic E-state index is 14.5. The number of fused-ring (bicyclic) bond motifs is 4. The fraction of sp³-hybridized carbons (Fsp3) is 0.667. The molecule has 9 heteroatoms. The number of Topliss-reactive ketones (excluding diaryl/α,β-unsaturated/α-hetero) is 5. The summed E-state index contributed by atoms with van der Waals surface area (Å²) in [6.07, 6.45) is 0.0271. The summed E-state index contributed by atoms with van der Waals surface area (Å²) >= 11 is 0. The summed E-state index contributed by atoms with van der Waals surface area (Å²) in [6.45, 7) is 24.1. The number of rotatable bonds is 5. The van der Waals surface area contributed by atoms with Crippen molar-refractivity contribution in [3.8, 4) is 17.2 Å². The predicted molar refractivity (Wildman–Crippen MR) is 179 cm³/mol. The van der Waals surface area contributed by atoms with Gasteiger partial charge in [-0.15, -0.1) is 0 Å². The van der Waals surface area contributed by atoms with Crippen molar-refractivity contribution in [1.29, 1.82) is 0 Å². The number of aliphatic hydroxyl groups is 1. The summed E-state index contributed by atoms with van der Waals surface area (Å²) in [7, 11) is 0. The molecule has 1 saturated carbocycles. The second kappa shape index (κ2) is 10.6. The molecule has 48 heavy (non-hydrogen) atoms. The smallest absolute Gasteiger partial charge is 0.230 e. The Balaban J connectivity index is 1.99. The standard InChI is InChI=1S/C39H52O9/c1-16(2)15-19(40)22-27(41)23-20(17(3)4)25-30(42)35(7,8)33(44)37(11,12)32(25)47-28(23)24-21(18(5)6)26-31(43)36(9,10)34(45)38(13,14)39(26,46)48-29(22)24/h16-18,20-21,26,41,46H,15H2,1-14H3/t20-,21-,26-,39-/m1/s1. The van der Waals surface area contributed by atoms with Gasteiger partial charge < -0.3 is 19.7 Å². The topological polar surface area (TPSA) is 144 Å². The van der Waals surface area contributed by atoms with Gasteiger partial charge in [-0.3, -0.25) is 24.0 Å². The summed E-state index contributed by atoms with van der Waals surface area (Å²) in [5.74, 6) is -8.50. The minimum absolute atomic E-state index is 0.0271. The molecule has 0 bridgehead atoms. The highest BCUT2D eigenvalue weighted by Gasteiger charge is 2.72. The number of carbonyl (C=O) groups excluding carboxylic acids is 5. The maximum Gasteiger partial charge on any atom is 0.230 e. The molecule has 262 valence electrons. The minimum atomic E-state index is -2.37. The molecule has 4 aliphatic rings. The van der Waals surface area contributed by atoms with E-state index in [9.17, 15) is 34.2 Å². The lowest BCUT2D eigenvalue weighted by Crippen LogP contribution is -2.72. The third-order valence-corrected chi connectivity index (χ3v) is 11.6. The van der Waals surface area contributed by atoms with Crippen LogP contribution in [0.25, 0.3) is 0 Å². The fourth-order valence-corrected chi connectivity index (χ4v) is 9.06. The van der Waals surface area contributed by atoms with Gasteiger partial charge >= 0.3 is 0 Å². The Hall–Kier alpha value is -3.33. The van der Waals surface area contributed by atoms with Crippen LogP contribution in [0.3, 0.4) is 0 Å². The first-order valence-electron chi connectivity index (χ1n) is 17.2. The van der Waals surface area contributed by atoms with Crippen LogP contribution in [0.4, 0.5) is 0 Å². The van der Waals surface area contributed by atoms with E-state index in [1.807, 2.05) is 41.5 Å². The number of phenolic OH excluding ortho intramolecular Hbond substituents is 1. The van der Waals surface area contributed by atoms with E-state index in [0.29, 0.717) is 5.56 Å². The van der Waals surface area contributed by atoms with Crippen LogP contribution in [0, 0.1) is 45.3 Å². The van der Waals surface area contributed by atoms with Crippen LogP contribution in [-0.2, 0) is 19.2 Å². The zero-order valence-corrected chi connectivity index (χ0v) is 30.9. The SMILES string of the molecule is CC(C)CC(=O)c1c(O)c2c(c3c1O[C@]1(O)[C@@H](C(=O)C(C)(C)C(=O)C1(C)C)[C@@H]3C(C)C)OC1=C(C(=O)C(C)(C)C(=O)C1(C)C)[C@@H]2C(C)C. The highest BCUT2D eigenvalue weighted by molar-refractivity contribution is 6.20. The summed E-state index contributed by atoms with van der Waals surface area (Å²) < 4.78 is 13.2. The Morgan fingerprint density at radius 1 is 0.771 bits per heavy atom.